The van der Waals surface area contributed by atoms with Gasteiger partial charge in [-0.3, -0.25) is 9.59 Å². The Morgan fingerprint density at radius 1 is 1.09 bits per heavy atom. The minimum atomic E-state index is -0.374. The number of para-hydroxylation sites is 2. The van der Waals surface area contributed by atoms with Crippen molar-refractivity contribution in [2.75, 3.05) is 38.2 Å². The Hall–Kier alpha value is -3.55. The molecule has 0 saturated carbocycles. The monoisotopic (exact) mass is 435 g/mol. The summed E-state index contributed by atoms with van der Waals surface area (Å²) in [6, 6.07) is 15.0. The molecule has 1 aliphatic rings. The van der Waals surface area contributed by atoms with Gasteiger partial charge in [-0.15, -0.1) is 0 Å². The quantitative estimate of drug-likeness (QED) is 0.621. The smallest absolute Gasteiger partial charge is 0.225 e. The molecule has 4 rings (SSSR count). The third-order valence-electron chi connectivity index (χ3n) is 5.80. The van der Waals surface area contributed by atoms with E-state index in [0.717, 1.165) is 41.3 Å². The Kier molecular flexibility index (Phi) is 6.58. The number of ether oxygens (including phenoxy) is 1. The molecule has 2 amide bonds. The topological polar surface area (TPSA) is 90.6 Å². The molecule has 3 aromatic rings. The highest BCUT2D eigenvalue weighted by Gasteiger charge is 2.24. The van der Waals surface area contributed by atoms with E-state index < -0.39 is 0 Å². The molecule has 8 nitrogen and oxygen atoms in total. The van der Waals surface area contributed by atoms with Gasteiger partial charge < -0.3 is 24.8 Å². The van der Waals surface area contributed by atoms with Crippen LogP contribution in [0.2, 0.25) is 0 Å². The highest BCUT2D eigenvalue weighted by atomic mass is 16.5. The van der Waals surface area contributed by atoms with Crippen LogP contribution in [0.4, 0.5) is 5.95 Å². The lowest BCUT2D eigenvalue weighted by Gasteiger charge is -2.25. The van der Waals surface area contributed by atoms with E-state index in [0.29, 0.717) is 19.6 Å². The molecule has 1 aliphatic heterocycles. The molecule has 0 spiro atoms. The number of fused-ring (bicyclic) bond motifs is 1. The zero-order valence-corrected chi connectivity index (χ0v) is 18.5. The number of carbonyl (C=O) groups is 2. The molecule has 1 fully saturated rings. The molecule has 1 saturated heterocycles. The van der Waals surface area contributed by atoms with E-state index in [1.165, 1.54) is 6.92 Å². The second-order valence-electron chi connectivity index (χ2n) is 8.03. The summed E-state index contributed by atoms with van der Waals surface area (Å²) < 4.78 is 5.21. The van der Waals surface area contributed by atoms with Crippen molar-refractivity contribution < 1.29 is 14.3 Å². The van der Waals surface area contributed by atoms with Gasteiger partial charge >= 0.3 is 0 Å². The van der Waals surface area contributed by atoms with E-state index in [1.807, 2.05) is 53.4 Å². The highest BCUT2D eigenvalue weighted by molar-refractivity contribution is 5.80. The van der Waals surface area contributed by atoms with Crippen molar-refractivity contribution in [1.29, 1.82) is 0 Å². The number of nitrogens with one attached hydrogen (secondary N) is 2. The van der Waals surface area contributed by atoms with Gasteiger partial charge in [-0.25, -0.2) is 4.98 Å². The Labute approximate surface area is 187 Å². The Bertz CT molecular complexity index is 1050. The fourth-order valence-electron chi connectivity index (χ4n) is 4.11. The molecular weight excluding hydrogens is 406 g/mol. The first-order valence-corrected chi connectivity index (χ1v) is 10.9. The molecule has 0 bridgehead atoms. The van der Waals surface area contributed by atoms with E-state index in [1.54, 1.807) is 7.11 Å². The number of anilines is 1. The third kappa shape index (κ3) is 5.01. The van der Waals surface area contributed by atoms with E-state index >= 15 is 0 Å². The van der Waals surface area contributed by atoms with Crippen LogP contribution in [-0.4, -0.2) is 60.0 Å². The lowest BCUT2D eigenvalue weighted by molar-refractivity contribution is -0.131. The molecule has 168 valence electrons. The first-order valence-electron chi connectivity index (χ1n) is 10.9. The fraction of sp³-hybridized carbons (Fsp3) is 0.375. The fourth-order valence-corrected chi connectivity index (χ4v) is 4.11. The van der Waals surface area contributed by atoms with Crippen molar-refractivity contribution >= 4 is 28.8 Å². The van der Waals surface area contributed by atoms with Crippen LogP contribution >= 0.6 is 0 Å². The van der Waals surface area contributed by atoms with Crippen LogP contribution in [0.5, 0.6) is 5.75 Å². The first-order chi connectivity index (χ1) is 15.5. The van der Waals surface area contributed by atoms with Gasteiger partial charge in [0.05, 0.1) is 30.6 Å². The minimum Gasteiger partial charge on any atom is -0.497 e. The number of imidazole rings is 1. The first kappa shape index (κ1) is 21.7. The average molecular weight is 436 g/mol. The Morgan fingerprint density at radius 3 is 2.59 bits per heavy atom. The van der Waals surface area contributed by atoms with Gasteiger partial charge in [0.25, 0.3) is 0 Å². The van der Waals surface area contributed by atoms with Crippen LogP contribution in [0, 0.1) is 0 Å². The second kappa shape index (κ2) is 9.72. The summed E-state index contributed by atoms with van der Waals surface area (Å²) in [7, 11) is 1.61. The number of hydrogen-bond donors (Lipinski definition) is 2. The lowest BCUT2D eigenvalue weighted by atomic mass is 10.0. The number of hydrogen-bond acceptors (Lipinski definition) is 5. The molecule has 2 heterocycles. The number of carbonyl (C=O) groups excluding carboxylic acids is 2. The van der Waals surface area contributed by atoms with Crippen molar-refractivity contribution in [1.82, 2.24) is 20.2 Å². The predicted octanol–water partition coefficient (Wildman–Crippen LogP) is 2.88. The van der Waals surface area contributed by atoms with E-state index in [2.05, 4.69) is 15.2 Å². The van der Waals surface area contributed by atoms with Gasteiger partial charge in [-0.05, 0) is 36.2 Å². The number of H-pyrrole nitrogens is 1. The summed E-state index contributed by atoms with van der Waals surface area (Å²) in [6.45, 7) is 4.31. The summed E-state index contributed by atoms with van der Waals surface area (Å²) >= 11 is 0. The Balaban J connectivity index is 1.41. The molecule has 1 atom stereocenters. The zero-order valence-electron chi connectivity index (χ0n) is 18.5. The van der Waals surface area contributed by atoms with Crippen LogP contribution in [0.1, 0.15) is 31.4 Å². The molecule has 32 heavy (non-hydrogen) atoms. The lowest BCUT2D eigenvalue weighted by Crippen LogP contribution is -2.38. The molecular formula is C24H29N5O3. The third-order valence-corrected chi connectivity index (χ3v) is 5.80. The Morgan fingerprint density at radius 2 is 1.88 bits per heavy atom. The molecule has 1 unspecified atom stereocenters. The van der Waals surface area contributed by atoms with Crippen LogP contribution < -0.4 is 15.0 Å². The summed E-state index contributed by atoms with van der Waals surface area (Å²) in [5.41, 5.74) is 2.84. The van der Waals surface area contributed by atoms with E-state index in [-0.39, 0.29) is 24.3 Å². The zero-order chi connectivity index (χ0) is 22.5. The highest BCUT2D eigenvalue weighted by Crippen LogP contribution is 2.23. The number of nitrogens with zero attached hydrogens (tertiary/aromatic N) is 3. The maximum atomic E-state index is 13.1. The molecule has 0 radical (unpaired) electrons. The van der Waals surface area contributed by atoms with E-state index in [9.17, 15) is 9.59 Å². The standard InChI is InChI=1S/C24H29N5O3/c1-17(30)25-22(18-8-10-19(32-2)11-9-18)16-23(31)28-12-5-13-29(15-14-28)24-26-20-6-3-4-7-21(20)27-24/h3-4,6-11,22H,5,12-16H2,1-2H3,(H,25,30)(H,26,27). The number of rotatable bonds is 6. The van der Waals surface area contributed by atoms with Gasteiger partial charge in [0, 0.05) is 33.1 Å². The number of aromatic nitrogens is 2. The molecule has 2 aromatic carbocycles. The maximum Gasteiger partial charge on any atom is 0.225 e. The van der Waals surface area contributed by atoms with Gasteiger partial charge in [-0.2, -0.15) is 0 Å². The minimum absolute atomic E-state index is 0.0334. The molecule has 0 aliphatic carbocycles. The van der Waals surface area contributed by atoms with Crippen molar-refractivity contribution in [2.45, 2.75) is 25.8 Å². The van der Waals surface area contributed by atoms with Crippen molar-refractivity contribution in [3.05, 3.63) is 54.1 Å². The largest absolute Gasteiger partial charge is 0.497 e. The van der Waals surface area contributed by atoms with Gasteiger partial charge in [0.1, 0.15) is 5.75 Å². The maximum absolute atomic E-state index is 13.1. The number of methoxy groups -OCH3 is 1. The van der Waals surface area contributed by atoms with Gasteiger partial charge in [0.15, 0.2) is 0 Å². The summed E-state index contributed by atoms with van der Waals surface area (Å²) in [5, 5.41) is 2.92. The van der Waals surface area contributed by atoms with Crippen LogP contribution in [0.3, 0.4) is 0 Å². The summed E-state index contributed by atoms with van der Waals surface area (Å²) in [4.78, 5) is 37.0. The predicted molar refractivity (Wildman–Crippen MR) is 124 cm³/mol. The van der Waals surface area contributed by atoms with Crippen molar-refractivity contribution in [3.8, 4) is 5.75 Å². The van der Waals surface area contributed by atoms with Crippen LogP contribution in [0.15, 0.2) is 48.5 Å². The number of amides is 2. The number of benzene rings is 2. The van der Waals surface area contributed by atoms with Crippen molar-refractivity contribution in [2.24, 2.45) is 0 Å². The molecule has 1 aromatic heterocycles. The molecule has 2 N–H and O–H groups in total. The molecule has 8 heteroatoms. The van der Waals surface area contributed by atoms with Gasteiger partial charge in [-0.1, -0.05) is 24.3 Å². The summed E-state index contributed by atoms with van der Waals surface area (Å²) in [6.07, 6.45) is 1.08. The van der Waals surface area contributed by atoms with Gasteiger partial charge in [0.2, 0.25) is 17.8 Å². The van der Waals surface area contributed by atoms with Crippen LogP contribution in [0.25, 0.3) is 11.0 Å². The number of aromatic amines is 1. The normalized spacial score (nSPS) is 15.3. The van der Waals surface area contributed by atoms with E-state index in [4.69, 9.17) is 9.72 Å². The van der Waals surface area contributed by atoms with Crippen molar-refractivity contribution in [3.63, 3.8) is 0 Å². The SMILES string of the molecule is COc1ccc(C(CC(=O)N2CCCN(c3nc4ccccc4[nH]3)CC2)NC(C)=O)cc1. The second-order valence-corrected chi connectivity index (χ2v) is 8.03. The summed E-state index contributed by atoms with van der Waals surface area (Å²) in [5.74, 6) is 1.45. The average Bonchev–Trinajstić information content (AvgIpc) is 3.07. The van der Waals surface area contributed by atoms with Crippen LogP contribution in [-0.2, 0) is 9.59 Å².